The highest BCUT2D eigenvalue weighted by molar-refractivity contribution is 9.10. The summed E-state index contributed by atoms with van der Waals surface area (Å²) in [6.45, 7) is 0. The SMILES string of the molecule is O=c1c2c(Br)cccc2nc2ccc3ccccc3n12. The fourth-order valence-electron chi connectivity index (χ4n) is 2.55. The first-order chi connectivity index (χ1) is 9.75. The lowest BCUT2D eigenvalue weighted by atomic mass is 10.2. The van der Waals surface area contributed by atoms with E-state index < -0.39 is 0 Å². The van der Waals surface area contributed by atoms with Crippen molar-refractivity contribution in [3.63, 3.8) is 0 Å². The maximum absolute atomic E-state index is 12.8. The van der Waals surface area contributed by atoms with E-state index in [1.54, 1.807) is 4.40 Å². The quantitative estimate of drug-likeness (QED) is 0.364. The average molecular weight is 325 g/mol. The third-order valence-electron chi connectivity index (χ3n) is 3.46. The highest BCUT2D eigenvalue weighted by atomic mass is 79.9. The lowest BCUT2D eigenvalue weighted by Crippen LogP contribution is -2.16. The minimum Gasteiger partial charge on any atom is -0.268 e. The third kappa shape index (κ3) is 1.51. The van der Waals surface area contributed by atoms with Gasteiger partial charge in [-0.2, -0.15) is 0 Å². The molecule has 0 spiro atoms. The summed E-state index contributed by atoms with van der Waals surface area (Å²) in [7, 11) is 0. The first kappa shape index (κ1) is 11.6. The summed E-state index contributed by atoms with van der Waals surface area (Å²) in [5.74, 6) is 0. The van der Waals surface area contributed by atoms with Crippen molar-refractivity contribution in [2.24, 2.45) is 0 Å². The second-order valence-electron chi connectivity index (χ2n) is 4.64. The molecule has 2 heterocycles. The predicted octanol–water partition coefficient (Wildman–Crippen LogP) is 3.76. The smallest absolute Gasteiger partial charge is 0.267 e. The second kappa shape index (κ2) is 4.15. The molecule has 0 saturated carbocycles. The van der Waals surface area contributed by atoms with Gasteiger partial charge in [0.2, 0.25) is 0 Å². The maximum atomic E-state index is 12.8. The molecule has 0 aliphatic carbocycles. The zero-order valence-corrected chi connectivity index (χ0v) is 12.0. The van der Waals surface area contributed by atoms with Gasteiger partial charge in [0.25, 0.3) is 5.56 Å². The molecule has 0 aliphatic heterocycles. The van der Waals surface area contributed by atoms with E-state index >= 15 is 0 Å². The van der Waals surface area contributed by atoms with Crippen molar-refractivity contribution in [2.45, 2.75) is 0 Å². The van der Waals surface area contributed by atoms with Gasteiger partial charge in [-0.05, 0) is 51.6 Å². The van der Waals surface area contributed by atoms with Crippen molar-refractivity contribution in [1.29, 1.82) is 0 Å². The Bertz CT molecular complexity index is 1040. The van der Waals surface area contributed by atoms with E-state index in [1.165, 1.54) is 0 Å². The van der Waals surface area contributed by atoms with Gasteiger partial charge >= 0.3 is 0 Å². The summed E-state index contributed by atoms with van der Waals surface area (Å²) in [6, 6.07) is 17.3. The van der Waals surface area contributed by atoms with Crippen LogP contribution in [0, 0.1) is 0 Å². The van der Waals surface area contributed by atoms with E-state index in [9.17, 15) is 4.79 Å². The van der Waals surface area contributed by atoms with Crippen molar-refractivity contribution < 1.29 is 0 Å². The Balaban J connectivity index is 2.38. The molecule has 0 aliphatic rings. The number of hydrogen-bond donors (Lipinski definition) is 0. The van der Waals surface area contributed by atoms with Gasteiger partial charge in [-0.25, -0.2) is 4.98 Å². The molecular weight excluding hydrogens is 316 g/mol. The highest BCUT2D eigenvalue weighted by Crippen LogP contribution is 2.21. The lowest BCUT2D eigenvalue weighted by molar-refractivity contribution is 1.13. The number of rotatable bonds is 0. The van der Waals surface area contributed by atoms with Gasteiger partial charge in [-0.1, -0.05) is 24.3 Å². The number of pyridine rings is 1. The molecular formula is C16H9BrN2O. The van der Waals surface area contributed by atoms with Gasteiger partial charge in [0.1, 0.15) is 5.65 Å². The highest BCUT2D eigenvalue weighted by Gasteiger charge is 2.10. The molecule has 3 nitrogen and oxygen atoms in total. The molecule has 0 N–H and O–H groups in total. The Labute approximate surface area is 122 Å². The summed E-state index contributed by atoms with van der Waals surface area (Å²) in [6.07, 6.45) is 0. The fraction of sp³-hybridized carbons (Fsp3) is 0. The number of fused-ring (bicyclic) bond motifs is 4. The molecule has 96 valence electrons. The zero-order chi connectivity index (χ0) is 13.7. The lowest BCUT2D eigenvalue weighted by Gasteiger charge is -2.07. The number of hydrogen-bond acceptors (Lipinski definition) is 2. The van der Waals surface area contributed by atoms with Crippen LogP contribution in [0.4, 0.5) is 0 Å². The minimum atomic E-state index is -0.0470. The van der Waals surface area contributed by atoms with E-state index in [-0.39, 0.29) is 5.56 Å². The van der Waals surface area contributed by atoms with E-state index in [0.717, 1.165) is 15.4 Å². The van der Waals surface area contributed by atoms with E-state index in [0.29, 0.717) is 16.6 Å². The van der Waals surface area contributed by atoms with Gasteiger partial charge in [0.15, 0.2) is 0 Å². The number of para-hydroxylation sites is 1. The monoisotopic (exact) mass is 324 g/mol. The summed E-state index contributed by atoms with van der Waals surface area (Å²) < 4.78 is 2.44. The van der Waals surface area contributed by atoms with Gasteiger partial charge in [0, 0.05) is 4.47 Å². The molecule has 0 radical (unpaired) electrons. The van der Waals surface area contributed by atoms with Crippen LogP contribution in [0.25, 0.3) is 27.5 Å². The van der Waals surface area contributed by atoms with Crippen LogP contribution in [-0.2, 0) is 0 Å². The molecule has 2 aromatic carbocycles. The summed E-state index contributed by atoms with van der Waals surface area (Å²) in [4.78, 5) is 17.4. The Morgan fingerprint density at radius 2 is 1.80 bits per heavy atom. The van der Waals surface area contributed by atoms with E-state index in [2.05, 4.69) is 20.9 Å². The van der Waals surface area contributed by atoms with Crippen molar-refractivity contribution in [3.05, 3.63) is 69.4 Å². The maximum Gasteiger partial charge on any atom is 0.267 e. The normalized spacial score (nSPS) is 11.4. The van der Waals surface area contributed by atoms with Crippen LogP contribution in [0.2, 0.25) is 0 Å². The van der Waals surface area contributed by atoms with Crippen molar-refractivity contribution in [3.8, 4) is 0 Å². The van der Waals surface area contributed by atoms with Gasteiger partial charge in [-0.15, -0.1) is 0 Å². The minimum absolute atomic E-state index is 0.0470. The number of benzene rings is 2. The average Bonchev–Trinajstić information content (AvgIpc) is 2.47. The van der Waals surface area contributed by atoms with E-state index in [1.807, 2.05) is 54.6 Å². The Kier molecular flexibility index (Phi) is 2.41. The summed E-state index contributed by atoms with van der Waals surface area (Å²) in [5.41, 5.74) is 2.20. The Morgan fingerprint density at radius 1 is 0.950 bits per heavy atom. The first-order valence-electron chi connectivity index (χ1n) is 6.24. The van der Waals surface area contributed by atoms with Crippen molar-refractivity contribution in [2.75, 3.05) is 0 Å². The van der Waals surface area contributed by atoms with Crippen molar-refractivity contribution >= 4 is 43.4 Å². The largest absolute Gasteiger partial charge is 0.268 e. The van der Waals surface area contributed by atoms with Crippen LogP contribution in [-0.4, -0.2) is 9.38 Å². The summed E-state index contributed by atoms with van der Waals surface area (Å²) in [5, 5.41) is 1.64. The molecule has 0 unspecified atom stereocenters. The molecule has 4 aromatic rings. The molecule has 20 heavy (non-hydrogen) atoms. The summed E-state index contributed by atoms with van der Waals surface area (Å²) >= 11 is 3.44. The number of nitrogens with zero attached hydrogens (tertiary/aromatic N) is 2. The van der Waals surface area contributed by atoms with Crippen molar-refractivity contribution in [1.82, 2.24) is 9.38 Å². The molecule has 4 rings (SSSR count). The van der Waals surface area contributed by atoms with Crippen LogP contribution in [0.1, 0.15) is 0 Å². The van der Waals surface area contributed by atoms with Crippen LogP contribution >= 0.6 is 15.9 Å². The Hall–Kier alpha value is -2.20. The molecule has 2 aromatic heterocycles. The van der Waals surface area contributed by atoms with Gasteiger partial charge in [-0.3, -0.25) is 9.20 Å². The molecule has 4 heteroatoms. The molecule has 0 bridgehead atoms. The molecule has 0 fully saturated rings. The Morgan fingerprint density at radius 3 is 2.70 bits per heavy atom. The molecule has 0 amide bonds. The van der Waals surface area contributed by atoms with Gasteiger partial charge < -0.3 is 0 Å². The fourth-order valence-corrected chi connectivity index (χ4v) is 3.07. The predicted molar refractivity (Wildman–Crippen MR) is 84.2 cm³/mol. The second-order valence-corrected chi connectivity index (χ2v) is 5.49. The third-order valence-corrected chi connectivity index (χ3v) is 4.12. The zero-order valence-electron chi connectivity index (χ0n) is 10.4. The molecule has 0 atom stereocenters. The topological polar surface area (TPSA) is 34.4 Å². The molecule has 0 saturated heterocycles. The van der Waals surface area contributed by atoms with Crippen LogP contribution in [0.5, 0.6) is 0 Å². The van der Waals surface area contributed by atoms with Gasteiger partial charge in [0.05, 0.1) is 16.4 Å². The van der Waals surface area contributed by atoms with Crippen LogP contribution in [0.3, 0.4) is 0 Å². The van der Waals surface area contributed by atoms with Crippen LogP contribution in [0.15, 0.2) is 63.9 Å². The van der Waals surface area contributed by atoms with Crippen LogP contribution < -0.4 is 5.56 Å². The number of halogens is 1. The first-order valence-corrected chi connectivity index (χ1v) is 7.04. The van der Waals surface area contributed by atoms with E-state index in [4.69, 9.17) is 0 Å². The standard InChI is InChI=1S/C16H9BrN2O/c17-11-5-3-6-12-15(11)16(20)19-13-7-2-1-4-10(13)8-9-14(19)18-12/h1-9H. The number of aromatic nitrogens is 2.